The van der Waals surface area contributed by atoms with Gasteiger partial charge in [-0.2, -0.15) is 0 Å². The molecule has 152 valence electrons. The molecule has 1 heterocycles. The zero-order valence-corrected chi connectivity index (χ0v) is 17.6. The monoisotopic (exact) mass is 440 g/mol. The fourth-order valence-corrected chi connectivity index (χ4v) is 3.57. The molecular formula is C23H18Cl2N2O3. The van der Waals surface area contributed by atoms with Crippen LogP contribution < -0.4 is 15.0 Å². The van der Waals surface area contributed by atoms with Crippen molar-refractivity contribution in [1.82, 2.24) is 0 Å². The highest BCUT2D eigenvalue weighted by atomic mass is 35.5. The Morgan fingerprint density at radius 1 is 1.07 bits per heavy atom. The zero-order valence-electron chi connectivity index (χ0n) is 16.1. The molecule has 3 aromatic rings. The van der Waals surface area contributed by atoms with Gasteiger partial charge in [0.25, 0.3) is 11.8 Å². The maximum Gasteiger partial charge on any atom is 0.268 e. The molecule has 0 saturated heterocycles. The fourth-order valence-electron chi connectivity index (χ4n) is 3.25. The van der Waals surface area contributed by atoms with E-state index in [9.17, 15) is 9.59 Å². The maximum atomic E-state index is 12.8. The van der Waals surface area contributed by atoms with Crippen LogP contribution in [0.15, 0.2) is 66.7 Å². The number of anilines is 2. The Morgan fingerprint density at radius 3 is 2.53 bits per heavy atom. The molecule has 7 heteroatoms. The Morgan fingerprint density at radius 2 is 1.80 bits per heavy atom. The number of benzene rings is 3. The van der Waals surface area contributed by atoms with E-state index < -0.39 is 6.10 Å². The standard InChI is InChI=1S/C23H18Cl2N2O3/c1-14-23(29)27(13-16-4-2-3-5-19(16)25)20-12-18(10-11-21(20)30-14)26-22(28)15-6-8-17(24)9-7-15/h2-12,14H,13H2,1H3,(H,26,28). The number of ether oxygens (including phenoxy) is 1. The summed E-state index contributed by atoms with van der Waals surface area (Å²) in [6, 6.07) is 19.2. The topological polar surface area (TPSA) is 58.6 Å². The third-order valence-corrected chi connectivity index (χ3v) is 5.44. The summed E-state index contributed by atoms with van der Waals surface area (Å²) >= 11 is 12.2. The third-order valence-electron chi connectivity index (χ3n) is 4.82. The van der Waals surface area contributed by atoms with E-state index in [1.807, 2.05) is 18.2 Å². The van der Waals surface area contributed by atoms with Crippen LogP contribution in [0, 0.1) is 0 Å². The van der Waals surface area contributed by atoms with Gasteiger partial charge in [-0.1, -0.05) is 41.4 Å². The lowest BCUT2D eigenvalue weighted by Gasteiger charge is -2.33. The van der Waals surface area contributed by atoms with Crippen molar-refractivity contribution in [2.75, 3.05) is 10.2 Å². The average molecular weight is 441 g/mol. The van der Waals surface area contributed by atoms with E-state index in [1.54, 1.807) is 60.4 Å². The van der Waals surface area contributed by atoms with Gasteiger partial charge in [0.1, 0.15) is 5.75 Å². The minimum Gasteiger partial charge on any atom is -0.479 e. The van der Waals surface area contributed by atoms with Crippen LogP contribution in [0.4, 0.5) is 11.4 Å². The summed E-state index contributed by atoms with van der Waals surface area (Å²) < 4.78 is 5.75. The van der Waals surface area contributed by atoms with Gasteiger partial charge in [-0.15, -0.1) is 0 Å². The highest BCUT2D eigenvalue weighted by molar-refractivity contribution is 6.31. The molecule has 0 bridgehead atoms. The van der Waals surface area contributed by atoms with Gasteiger partial charge in [-0.25, -0.2) is 0 Å². The van der Waals surface area contributed by atoms with Gasteiger partial charge >= 0.3 is 0 Å². The largest absolute Gasteiger partial charge is 0.479 e. The van der Waals surface area contributed by atoms with Crippen LogP contribution in [-0.4, -0.2) is 17.9 Å². The van der Waals surface area contributed by atoms with Crippen molar-refractivity contribution in [1.29, 1.82) is 0 Å². The van der Waals surface area contributed by atoms with Gasteiger partial charge < -0.3 is 15.0 Å². The van der Waals surface area contributed by atoms with Crippen molar-refractivity contribution in [3.8, 4) is 5.75 Å². The van der Waals surface area contributed by atoms with Crippen LogP contribution in [0.3, 0.4) is 0 Å². The Hall–Kier alpha value is -3.02. The zero-order chi connectivity index (χ0) is 21.3. The number of halogens is 2. The molecule has 1 aliphatic rings. The normalized spacial score (nSPS) is 15.4. The third kappa shape index (κ3) is 4.13. The first kappa shape index (κ1) is 20.3. The molecule has 1 unspecified atom stereocenters. The minimum atomic E-state index is -0.616. The lowest BCUT2D eigenvalue weighted by molar-refractivity contribution is -0.125. The molecule has 3 aromatic carbocycles. The van der Waals surface area contributed by atoms with Gasteiger partial charge in [0.15, 0.2) is 6.10 Å². The molecule has 2 amide bonds. The number of carbonyl (C=O) groups is 2. The van der Waals surface area contributed by atoms with Crippen LogP contribution >= 0.6 is 23.2 Å². The first-order chi connectivity index (χ1) is 14.4. The van der Waals surface area contributed by atoms with Crippen LogP contribution in [-0.2, 0) is 11.3 Å². The van der Waals surface area contributed by atoms with Crippen LogP contribution in [0.25, 0.3) is 0 Å². The van der Waals surface area contributed by atoms with Gasteiger partial charge in [-0.05, 0) is 61.0 Å². The second-order valence-electron chi connectivity index (χ2n) is 6.92. The fraction of sp³-hybridized carbons (Fsp3) is 0.130. The number of hydrogen-bond donors (Lipinski definition) is 1. The molecule has 0 aromatic heterocycles. The Bertz CT molecular complexity index is 1120. The molecular weight excluding hydrogens is 423 g/mol. The quantitative estimate of drug-likeness (QED) is 0.577. The summed E-state index contributed by atoms with van der Waals surface area (Å²) in [4.78, 5) is 27.0. The predicted molar refractivity (Wildman–Crippen MR) is 119 cm³/mol. The molecule has 0 radical (unpaired) electrons. The summed E-state index contributed by atoms with van der Waals surface area (Å²) in [5, 5.41) is 3.99. The number of amides is 2. The number of carbonyl (C=O) groups excluding carboxylic acids is 2. The molecule has 0 aliphatic carbocycles. The number of hydrogen-bond acceptors (Lipinski definition) is 3. The average Bonchev–Trinajstić information content (AvgIpc) is 2.73. The Labute approximate surface area is 184 Å². The molecule has 5 nitrogen and oxygen atoms in total. The van der Waals surface area contributed by atoms with Gasteiger partial charge in [0, 0.05) is 21.3 Å². The first-order valence-corrected chi connectivity index (χ1v) is 10.1. The first-order valence-electron chi connectivity index (χ1n) is 9.35. The molecule has 1 N–H and O–H groups in total. The number of nitrogens with one attached hydrogen (secondary N) is 1. The number of rotatable bonds is 4. The van der Waals surface area contributed by atoms with Crippen LogP contribution in [0.1, 0.15) is 22.8 Å². The predicted octanol–water partition coefficient (Wildman–Crippen LogP) is 5.56. The molecule has 0 saturated carbocycles. The summed E-state index contributed by atoms with van der Waals surface area (Å²) in [6.07, 6.45) is -0.616. The molecule has 1 atom stereocenters. The Balaban J connectivity index is 1.64. The molecule has 4 rings (SSSR count). The number of fused-ring (bicyclic) bond motifs is 1. The summed E-state index contributed by atoms with van der Waals surface area (Å²) in [6.45, 7) is 2.01. The van der Waals surface area contributed by atoms with Crippen LogP contribution in [0.2, 0.25) is 10.0 Å². The van der Waals surface area contributed by atoms with E-state index in [0.717, 1.165) is 5.56 Å². The molecule has 1 aliphatic heterocycles. The second kappa shape index (κ2) is 8.38. The van der Waals surface area contributed by atoms with Crippen molar-refractivity contribution < 1.29 is 14.3 Å². The van der Waals surface area contributed by atoms with E-state index in [0.29, 0.717) is 39.3 Å². The lowest BCUT2D eigenvalue weighted by Crippen LogP contribution is -2.44. The molecule has 30 heavy (non-hydrogen) atoms. The van der Waals surface area contributed by atoms with Crippen molar-refractivity contribution in [2.24, 2.45) is 0 Å². The summed E-state index contributed by atoms with van der Waals surface area (Å²) in [5.74, 6) is 0.114. The highest BCUT2D eigenvalue weighted by Crippen LogP contribution is 2.38. The number of nitrogens with zero attached hydrogens (tertiary/aromatic N) is 1. The Kier molecular flexibility index (Phi) is 5.66. The van der Waals surface area contributed by atoms with E-state index in [-0.39, 0.29) is 11.8 Å². The van der Waals surface area contributed by atoms with Crippen molar-refractivity contribution in [3.05, 3.63) is 87.9 Å². The van der Waals surface area contributed by atoms with E-state index in [1.165, 1.54) is 0 Å². The second-order valence-corrected chi connectivity index (χ2v) is 7.76. The maximum absolute atomic E-state index is 12.8. The van der Waals surface area contributed by atoms with E-state index in [2.05, 4.69) is 5.32 Å². The SMILES string of the molecule is CC1Oc2ccc(NC(=O)c3ccc(Cl)cc3)cc2N(Cc2ccccc2Cl)C1=O. The lowest BCUT2D eigenvalue weighted by atomic mass is 10.1. The summed E-state index contributed by atoms with van der Waals surface area (Å²) in [5.41, 5.74) is 2.42. The van der Waals surface area contributed by atoms with Gasteiger partial charge in [0.05, 0.1) is 12.2 Å². The summed E-state index contributed by atoms with van der Waals surface area (Å²) in [7, 11) is 0. The molecule has 0 fully saturated rings. The minimum absolute atomic E-state index is 0.177. The van der Waals surface area contributed by atoms with Crippen molar-refractivity contribution >= 4 is 46.4 Å². The van der Waals surface area contributed by atoms with Crippen LogP contribution in [0.5, 0.6) is 5.75 Å². The van der Waals surface area contributed by atoms with Gasteiger partial charge in [0.2, 0.25) is 0 Å². The van der Waals surface area contributed by atoms with E-state index in [4.69, 9.17) is 27.9 Å². The van der Waals surface area contributed by atoms with E-state index >= 15 is 0 Å². The highest BCUT2D eigenvalue weighted by Gasteiger charge is 2.32. The van der Waals surface area contributed by atoms with Crippen molar-refractivity contribution in [2.45, 2.75) is 19.6 Å². The molecule has 0 spiro atoms. The van der Waals surface area contributed by atoms with Crippen molar-refractivity contribution in [3.63, 3.8) is 0 Å². The smallest absolute Gasteiger partial charge is 0.268 e. The van der Waals surface area contributed by atoms with Gasteiger partial charge in [-0.3, -0.25) is 9.59 Å².